The molecule has 3 rings (SSSR count). The molecule has 122 valence electrons. The molecule has 0 spiro atoms. The first kappa shape index (κ1) is 16.3. The van der Waals surface area contributed by atoms with E-state index in [1.54, 1.807) is 6.07 Å². The Labute approximate surface area is 147 Å². The average molecular weight is 388 g/mol. The van der Waals surface area contributed by atoms with Gasteiger partial charge in [0.2, 0.25) is 5.75 Å². The van der Waals surface area contributed by atoms with E-state index in [9.17, 15) is 10.0 Å². The van der Waals surface area contributed by atoms with E-state index in [-0.39, 0.29) is 18.1 Å². The quantitative estimate of drug-likeness (QED) is 0.389. The van der Waals surface area contributed by atoms with Gasteiger partial charge in [-0.15, -0.1) is 0 Å². The SMILES string of the molecule is COC(=O)c1c(OCc2ccccc2)c2cccc(Br)c2c[n+]1[O-]. The summed E-state index contributed by atoms with van der Waals surface area (Å²) in [6.45, 7) is 0.233. The lowest BCUT2D eigenvalue weighted by atomic mass is 10.1. The third kappa shape index (κ3) is 3.05. The zero-order valence-electron chi connectivity index (χ0n) is 12.9. The van der Waals surface area contributed by atoms with Gasteiger partial charge in [-0.05, 0) is 27.6 Å². The number of fused-ring (bicyclic) bond motifs is 1. The third-order valence-electron chi connectivity index (χ3n) is 3.58. The Kier molecular flexibility index (Phi) is 4.66. The van der Waals surface area contributed by atoms with Crippen LogP contribution in [0, 0.1) is 5.21 Å². The molecule has 0 fully saturated rings. The van der Waals surface area contributed by atoms with Crippen LogP contribution in [-0.2, 0) is 11.3 Å². The van der Waals surface area contributed by atoms with E-state index in [1.807, 2.05) is 42.5 Å². The fourth-order valence-electron chi connectivity index (χ4n) is 2.43. The lowest BCUT2D eigenvalue weighted by molar-refractivity contribution is -0.607. The normalized spacial score (nSPS) is 10.6. The van der Waals surface area contributed by atoms with Crippen LogP contribution in [0.3, 0.4) is 0 Å². The molecule has 0 aliphatic carbocycles. The first-order valence-corrected chi connectivity index (χ1v) is 8.00. The van der Waals surface area contributed by atoms with E-state index >= 15 is 0 Å². The monoisotopic (exact) mass is 387 g/mol. The van der Waals surface area contributed by atoms with E-state index < -0.39 is 5.97 Å². The van der Waals surface area contributed by atoms with Crippen molar-refractivity contribution in [1.29, 1.82) is 0 Å². The molecule has 0 amide bonds. The van der Waals surface area contributed by atoms with Crippen molar-refractivity contribution in [2.24, 2.45) is 0 Å². The first-order valence-electron chi connectivity index (χ1n) is 7.21. The minimum Gasteiger partial charge on any atom is -0.618 e. The number of carbonyl (C=O) groups is 1. The minimum absolute atomic E-state index is 0.168. The van der Waals surface area contributed by atoms with Gasteiger partial charge < -0.3 is 14.7 Å². The average Bonchev–Trinajstić information content (AvgIpc) is 2.60. The summed E-state index contributed by atoms with van der Waals surface area (Å²) in [5.74, 6) is -0.533. The van der Waals surface area contributed by atoms with Gasteiger partial charge in [0, 0.05) is 9.86 Å². The van der Waals surface area contributed by atoms with Gasteiger partial charge in [0.25, 0.3) is 0 Å². The van der Waals surface area contributed by atoms with Crippen LogP contribution < -0.4 is 9.47 Å². The Bertz CT molecular complexity index is 896. The summed E-state index contributed by atoms with van der Waals surface area (Å²) in [6.07, 6.45) is 1.33. The van der Waals surface area contributed by atoms with Gasteiger partial charge in [0.05, 0.1) is 12.5 Å². The topological polar surface area (TPSA) is 62.5 Å². The van der Waals surface area contributed by atoms with Crippen LogP contribution >= 0.6 is 15.9 Å². The molecular formula is C18H14BrNO4. The Morgan fingerprint density at radius 2 is 1.88 bits per heavy atom. The molecule has 5 nitrogen and oxygen atoms in total. The molecule has 3 aromatic rings. The van der Waals surface area contributed by atoms with Gasteiger partial charge in [0.15, 0.2) is 6.20 Å². The number of esters is 1. The van der Waals surface area contributed by atoms with E-state index in [0.717, 1.165) is 10.0 Å². The van der Waals surface area contributed by atoms with Gasteiger partial charge in [-0.1, -0.05) is 42.5 Å². The van der Waals surface area contributed by atoms with E-state index in [0.29, 0.717) is 15.5 Å². The van der Waals surface area contributed by atoms with Crippen molar-refractivity contribution in [2.45, 2.75) is 6.61 Å². The van der Waals surface area contributed by atoms with Crippen LogP contribution in [0.5, 0.6) is 5.75 Å². The second kappa shape index (κ2) is 6.88. The molecule has 0 saturated heterocycles. The summed E-state index contributed by atoms with van der Waals surface area (Å²) in [6, 6.07) is 14.9. The van der Waals surface area contributed by atoms with Crippen molar-refractivity contribution in [3.63, 3.8) is 0 Å². The molecule has 0 atom stereocenters. The molecule has 2 aromatic carbocycles. The van der Waals surface area contributed by atoms with Gasteiger partial charge in [-0.3, -0.25) is 0 Å². The van der Waals surface area contributed by atoms with Gasteiger partial charge in [-0.2, -0.15) is 4.73 Å². The van der Waals surface area contributed by atoms with E-state index in [4.69, 9.17) is 9.47 Å². The maximum Gasteiger partial charge on any atom is 0.408 e. The number of halogens is 1. The van der Waals surface area contributed by atoms with Crippen molar-refractivity contribution in [3.05, 3.63) is 75.7 Å². The number of pyridine rings is 1. The second-order valence-electron chi connectivity index (χ2n) is 5.10. The number of carbonyl (C=O) groups excluding carboxylic acids is 1. The number of benzene rings is 2. The summed E-state index contributed by atoms with van der Waals surface area (Å²) < 4.78 is 11.8. The highest BCUT2D eigenvalue weighted by Crippen LogP contribution is 2.32. The predicted molar refractivity (Wildman–Crippen MR) is 92.7 cm³/mol. The summed E-state index contributed by atoms with van der Waals surface area (Å²) >= 11 is 3.42. The molecule has 6 heteroatoms. The Morgan fingerprint density at radius 1 is 1.12 bits per heavy atom. The van der Waals surface area contributed by atoms with E-state index in [1.165, 1.54) is 13.3 Å². The van der Waals surface area contributed by atoms with Crippen LogP contribution in [0.1, 0.15) is 16.1 Å². The molecule has 1 heterocycles. The number of hydrogen-bond donors (Lipinski definition) is 0. The fraction of sp³-hybridized carbons (Fsp3) is 0.111. The van der Waals surface area contributed by atoms with Crippen LogP contribution in [0.25, 0.3) is 10.8 Å². The largest absolute Gasteiger partial charge is 0.618 e. The van der Waals surface area contributed by atoms with Crippen molar-refractivity contribution < 1.29 is 19.0 Å². The number of aromatic nitrogens is 1. The first-order chi connectivity index (χ1) is 11.6. The molecule has 0 N–H and O–H groups in total. The molecule has 1 aromatic heterocycles. The number of rotatable bonds is 4. The maximum atomic E-state index is 12.3. The molecule has 0 unspecified atom stereocenters. The van der Waals surface area contributed by atoms with Gasteiger partial charge in [-0.25, -0.2) is 4.79 Å². The predicted octanol–water partition coefficient (Wildman–Crippen LogP) is 3.60. The molecule has 0 aliphatic heterocycles. The Balaban J connectivity index is 2.14. The molecule has 0 radical (unpaired) electrons. The lowest BCUT2D eigenvalue weighted by Crippen LogP contribution is -2.35. The highest BCUT2D eigenvalue weighted by Gasteiger charge is 2.28. The third-order valence-corrected chi connectivity index (χ3v) is 4.28. The maximum absolute atomic E-state index is 12.3. The summed E-state index contributed by atoms with van der Waals surface area (Å²) in [4.78, 5) is 12.1. The van der Waals surface area contributed by atoms with Crippen molar-refractivity contribution >= 4 is 32.7 Å². The number of nitrogens with zero attached hydrogens (tertiary/aromatic N) is 1. The summed E-state index contributed by atoms with van der Waals surface area (Å²) in [5.41, 5.74) is 0.761. The Morgan fingerprint density at radius 3 is 2.58 bits per heavy atom. The zero-order valence-corrected chi connectivity index (χ0v) is 14.4. The van der Waals surface area contributed by atoms with Gasteiger partial charge in [0.1, 0.15) is 6.61 Å². The minimum atomic E-state index is -0.741. The van der Waals surface area contributed by atoms with Crippen LogP contribution in [0.2, 0.25) is 0 Å². The van der Waals surface area contributed by atoms with Crippen LogP contribution in [0.4, 0.5) is 0 Å². The molecular weight excluding hydrogens is 374 g/mol. The molecule has 0 saturated carbocycles. The molecule has 0 aliphatic rings. The van der Waals surface area contributed by atoms with Crippen molar-refractivity contribution in [3.8, 4) is 5.75 Å². The number of hydrogen-bond acceptors (Lipinski definition) is 4. The molecule has 0 bridgehead atoms. The van der Waals surface area contributed by atoms with Gasteiger partial charge >= 0.3 is 11.7 Å². The van der Waals surface area contributed by atoms with E-state index in [2.05, 4.69) is 15.9 Å². The highest BCUT2D eigenvalue weighted by molar-refractivity contribution is 9.10. The summed E-state index contributed by atoms with van der Waals surface area (Å²) in [5, 5.41) is 13.6. The number of methoxy groups -OCH3 is 1. The van der Waals surface area contributed by atoms with Crippen LogP contribution in [-0.4, -0.2) is 13.1 Å². The zero-order chi connectivity index (χ0) is 17.1. The second-order valence-corrected chi connectivity index (χ2v) is 5.95. The summed E-state index contributed by atoms with van der Waals surface area (Å²) in [7, 11) is 1.23. The van der Waals surface area contributed by atoms with Crippen molar-refractivity contribution in [1.82, 2.24) is 0 Å². The fourth-order valence-corrected chi connectivity index (χ4v) is 2.90. The molecule has 24 heavy (non-hydrogen) atoms. The lowest BCUT2D eigenvalue weighted by Gasteiger charge is -2.13. The van der Waals surface area contributed by atoms with Crippen molar-refractivity contribution in [2.75, 3.05) is 7.11 Å². The number of ether oxygens (including phenoxy) is 2. The smallest absolute Gasteiger partial charge is 0.408 e. The Hall–Kier alpha value is -2.60. The van der Waals surface area contributed by atoms with Crippen LogP contribution in [0.15, 0.2) is 59.2 Å². The highest BCUT2D eigenvalue weighted by atomic mass is 79.9. The standard InChI is InChI=1S/C18H14BrNO4/c1-23-18(21)16-17(24-11-12-6-3-2-4-7-12)13-8-5-9-15(19)14(13)10-20(16)22/h2-10H,11H2,1H3.